The van der Waals surface area contributed by atoms with Gasteiger partial charge >= 0.3 is 0 Å². The van der Waals surface area contributed by atoms with Gasteiger partial charge in [0, 0.05) is 11.1 Å². The second-order valence-electron chi connectivity index (χ2n) is 6.16. The molecule has 1 aromatic heterocycles. The molecule has 0 spiro atoms. The zero-order valence-corrected chi connectivity index (χ0v) is 21.2. The van der Waals surface area contributed by atoms with E-state index in [1.54, 1.807) is 44.3 Å². The van der Waals surface area contributed by atoms with Crippen molar-refractivity contribution in [2.75, 3.05) is 25.8 Å². The molecule has 0 fully saturated rings. The second kappa shape index (κ2) is 19.0. The van der Waals surface area contributed by atoms with Crippen LogP contribution < -0.4 is 14.8 Å². The zero-order valence-electron chi connectivity index (χ0n) is 19.6. The zero-order chi connectivity index (χ0) is 24.2. The van der Waals surface area contributed by atoms with Gasteiger partial charge in [-0.15, -0.1) is 11.8 Å². The third-order valence-electron chi connectivity index (χ3n) is 3.55. The van der Waals surface area contributed by atoms with Gasteiger partial charge in [-0.3, -0.25) is 4.79 Å². The summed E-state index contributed by atoms with van der Waals surface area (Å²) in [5.74, 6) is 1.76. The minimum absolute atomic E-state index is 0.301. The molecule has 32 heavy (non-hydrogen) atoms. The van der Waals surface area contributed by atoms with Gasteiger partial charge in [0.25, 0.3) is 0 Å². The second-order valence-corrected chi connectivity index (χ2v) is 7.40. The van der Waals surface area contributed by atoms with E-state index in [2.05, 4.69) is 42.5 Å². The number of carbonyl (C=O) groups is 1. The molecule has 0 aliphatic heterocycles. The Morgan fingerprint density at radius 1 is 1.03 bits per heavy atom. The van der Waals surface area contributed by atoms with Crippen LogP contribution in [0, 0.1) is 6.92 Å². The van der Waals surface area contributed by atoms with Crippen LogP contribution >= 0.6 is 23.4 Å². The Kier molecular flexibility index (Phi) is 17.4. The van der Waals surface area contributed by atoms with Crippen LogP contribution in [0.4, 0.5) is 5.69 Å². The van der Waals surface area contributed by atoms with Crippen molar-refractivity contribution in [3.8, 4) is 11.5 Å². The Bertz CT molecular complexity index is 880. The molecule has 0 aliphatic carbocycles. The molecule has 0 unspecified atom stereocenters. The fourth-order valence-electron chi connectivity index (χ4n) is 2.09. The fraction of sp³-hybridized carbons (Fsp3) is 0.280. The predicted octanol–water partition coefficient (Wildman–Crippen LogP) is 7.14. The van der Waals surface area contributed by atoms with Crippen molar-refractivity contribution in [2.45, 2.75) is 32.1 Å². The van der Waals surface area contributed by atoms with Gasteiger partial charge in [0.15, 0.2) is 5.15 Å². The van der Waals surface area contributed by atoms with Crippen molar-refractivity contribution in [2.24, 2.45) is 0 Å². The molecule has 0 saturated heterocycles. The summed E-state index contributed by atoms with van der Waals surface area (Å²) in [7, 11) is 3.32. The largest absolute Gasteiger partial charge is 0.497 e. The Morgan fingerprint density at radius 2 is 1.69 bits per heavy atom. The molecule has 0 saturated carbocycles. The van der Waals surface area contributed by atoms with E-state index in [0.717, 1.165) is 17.1 Å². The number of aromatic nitrogens is 1. The number of nitrogens with zero attached hydrogens (tertiary/aromatic N) is 1. The van der Waals surface area contributed by atoms with Crippen LogP contribution in [-0.2, 0) is 4.79 Å². The summed E-state index contributed by atoms with van der Waals surface area (Å²) in [5, 5.41) is 2.70. The van der Waals surface area contributed by atoms with Gasteiger partial charge in [-0.1, -0.05) is 50.1 Å². The summed E-state index contributed by atoms with van der Waals surface area (Å²) in [5.41, 5.74) is 1.62. The number of nitrogens with one attached hydrogen (secondary N) is 1. The van der Waals surface area contributed by atoms with E-state index in [9.17, 15) is 4.79 Å². The number of amides is 1. The minimum atomic E-state index is 0.301. The standard InChI is InChI=1S/C9H12O2.C7H8S.C6H5ClN2O.C3H8/c1-7-6-8(10-2)4-5-9(7)11-3;1-8-7-5-3-2-4-6-7;7-6-5(9-4-10)2-1-3-8-6;1-3-2/h4-6H,1-3H3;2-6H,1H3;1-4H,(H,9,10);3H2,1-2H3. The first kappa shape index (κ1) is 29.3. The molecule has 3 aromatic rings. The minimum Gasteiger partial charge on any atom is -0.497 e. The lowest BCUT2D eigenvalue weighted by Gasteiger charge is -2.05. The van der Waals surface area contributed by atoms with E-state index in [0.29, 0.717) is 17.3 Å². The number of carbonyl (C=O) groups excluding carboxylic acids is 1. The highest BCUT2D eigenvalue weighted by molar-refractivity contribution is 7.98. The van der Waals surface area contributed by atoms with E-state index in [1.165, 1.54) is 11.3 Å². The van der Waals surface area contributed by atoms with Crippen LogP contribution in [0.15, 0.2) is 71.8 Å². The number of halogens is 1. The number of aryl methyl sites for hydroxylation is 1. The Balaban J connectivity index is 0.000000428. The van der Waals surface area contributed by atoms with Gasteiger partial charge in [-0.05, 0) is 61.2 Å². The highest BCUT2D eigenvalue weighted by Crippen LogP contribution is 2.22. The van der Waals surface area contributed by atoms with Crippen LogP contribution in [-0.4, -0.2) is 31.9 Å². The number of pyridine rings is 1. The van der Waals surface area contributed by atoms with Crippen molar-refractivity contribution < 1.29 is 14.3 Å². The van der Waals surface area contributed by atoms with Crippen molar-refractivity contribution in [1.82, 2.24) is 4.98 Å². The normalized spacial score (nSPS) is 8.84. The molecule has 0 radical (unpaired) electrons. The first-order chi connectivity index (χ1) is 15.5. The summed E-state index contributed by atoms with van der Waals surface area (Å²) >= 11 is 7.34. The van der Waals surface area contributed by atoms with Gasteiger partial charge in [-0.25, -0.2) is 4.98 Å². The molecule has 7 heteroatoms. The molecule has 1 amide bonds. The van der Waals surface area contributed by atoms with Crippen LogP contribution in [0.1, 0.15) is 25.8 Å². The number of ether oxygens (including phenoxy) is 2. The molecule has 2 aromatic carbocycles. The Labute approximate surface area is 201 Å². The summed E-state index contributed by atoms with van der Waals surface area (Å²) < 4.78 is 10.1. The van der Waals surface area contributed by atoms with E-state index in [1.807, 2.05) is 43.3 Å². The SMILES string of the molecule is CCC.COc1ccc(OC)c(C)c1.CSc1ccccc1.O=CNc1cccnc1Cl. The molecular weight excluding hydrogens is 444 g/mol. The summed E-state index contributed by atoms with van der Waals surface area (Å²) in [6, 6.07) is 19.4. The first-order valence-electron chi connectivity index (χ1n) is 10.1. The van der Waals surface area contributed by atoms with Crippen molar-refractivity contribution in [3.05, 3.63) is 77.6 Å². The molecule has 0 atom stereocenters. The van der Waals surface area contributed by atoms with Gasteiger partial charge in [0.05, 0.1) is 19.9 Å². The monoisotopic (exact) mass is 476 g/mol. The molecule has 174 valence electrons. The smallest absolute Gasteiger partial charge is 0.211 e. The van der Waals surface area contributed by atoms with Crippen LogP contribution in [0.25, 0.3) is 0 Å². The number of rotatable bonds is 5. The molecule has 0 aliphatic rings. The molecule has 1 heterocycles. The van der Waals surface area contributed by atoms with Crippen LogP contribution in [0.2, 0.25) is 5.15 Å². The maximum Gasteiger partial charge on any atom is 0.211 e. The first-order valence-corrected chi connectivity index (χ1v) is 11.7. The number of anilines is 1. The quantitative estimate of drug-likeness (QED) is 0.241. The van der Waals surface area contributed by atoms with E-state index in [-0.39, 0.29) is 0 Å². The maximum atomic E-state index is 9.93. The van der Waals surface area contributed by atoms with Gasteiger partial charge in [-0.2, -0.15) is 0 Å². The summed E-state index contributed by atoms with van der Waals surface area (Å²) in [6.07, 6.45) is 5.44. The Morgan fingerprint density at radius 3 is 2.12 bits per heavy atom. The molecule has 1 N–H and O–H groups in total. The summed E-state index contributed by atoms with van der Waals surface area (Å²) in [4.78, 5) is 15.0. The third kappa shape index (κ3) is 12.9. The number of methoxy groups -OCH3 is 2. The van der Waals surface area contributed by atoms with Gasteiger partial charge in [0.2, 0.25) is 6.41 Å². The number of hydrogen-bond donors (Lipinski definition) is 1. The lowest BCUT2D eigenvalue weighted by atomic mass is 10.2. The molecular formula is C25H33ClN2O3S. The number of benzene rings is 2. The average Bonchev–Trinajstić information content (AvgIpc) is 2.82. The Hall–Kier alpha value is -2.70. The van der Waals surface area contributed by atoms with E-state index in [4.69, 9.17) is 21.1 Å². The van der Waals surface area contributed by atoms with E-state index >= 15 is 0 Å². The molecule has 5 nitrogen and oxygen atoms in total. The lowest BCUT2D eigenvalue weighted by Crippen LogP contribution is -1.94. The summed E-state index contributed by atoms with van der Waals surface area (Å²) in [6.45, 7) is 6.24. The topological polar surface area (TPSA) is 60.5 Å². The maximum absolute atomic E-state index is 9.93. The van der Waals surface area contributed by atoms with Crippen LogP contribution in [0.5, 0.6) is 11.5 Å². The predicted molar refractivity (Wildman–Crippen MR) is 137 cm³/mol. The number of hydrogen-bond acceptors (Lipinski definition) is 5. The van der Waals surface area contributed by atoms with Crippen molar-refractivity contribution in [3.63, 3.8) is 0 Å². The fourth-order valence-corrected chi connectivity index (χ4v) is 2.69. The van der Waals surface area contributed by atoms with Crippen LogP contribution in [0.3, 0.4) is 0 Å². The van der Waals surface area contributed by atoms with Crippen molar-refractivity contribution in [1.29, 1.82) is 0 Å². The third-order valence-corrected chi connectivity index (χ3v) is 4.60. The molecule has 3 rings (SSSR count). The molecule has 0 bridgehead atoms. The van der Waals surface area contributed by atoms with Crippen molar-refractivity contribution >= 4 is 35.5 Å². The number of thioether (sulfide) groups is 1. The van der Waals surface area contributed by atoms with E-state index < -0.39 is 0 Å². The van der Waals surface area contributed by atoms with Gasteiger partial charge in [0.1, 0.15) is 11.5 Å². The highest BCUT2D eigenvalue weighted by atomic mass is 35.5. The van der Waals surface area contributed by atoms with Gasteiger partial charge < -0.3 is 14.8 Å². The lowest BCUT2D eigenvalue weighted by molar-refractivity contribution is -0.105. The average molecular weight is 477 g/mol. The highest BCUT2D eigenvalue weighted by Gasteiger charge is 1.98.